The van der Waals surface area contributed by atoms with Crippen molar-refractivity contribution in [3.63, 3.8) is 0 Å². The van der Waals surface area contributed by atoms with Gasteiger partial charge in [-0.3, -0.25) is 0 Å². The fourth-order valence-corrected chi connectivity index (χ4v) is 3.57. The van der Waals surface area contributed by atoms with Crippen molar-refractivity contribution in [3.8, 4) is 0 Å². The number of hydrogen-bond donors (Lipinski definition) is 0. The van der Waals surface area contributed by atoms with Crippen molar-refractivity contribution in [3.05, 3.63) is 44.1 Å². The molecule has 0 aliphatic heterocycles. The fraction of sp³-hybridized carbons (Fsp3) is 0.500. The van der Waals surface area contributed by atoms with Crippen LogP contribution in [-0.4, -0.2) is 7.25 Å². The van der Waals surface area contributed by atoms with E-state index in [1.54, 1.807) is 0 Å². The minimum Gasteiger partial charge on any atom is -0.418 e. The van der Waals surface area contributed by atoms with Crippen LogP contribution in [0.15, 0.2) is 40.5 Å². The quantitative estimate of drug-likeness (QED) is 0.244. The number of unbranched alkanes of at least 4 members (excludes halogenated alkanes) is 6. The molecular formula is C16H24BF4I. The predicted octanol–water partition coefficient (Wildman–Crippen LogP) is 3.51. The summed E-state index contributed by atoms with van der Waals surface area (Å²) in [5.74, 6) is 0. The summed E-state index contributed by atoms with van der Waals surface area (Å²) < 4.78 is 42.9. The van der Waals surface area contributed by atoms with Crippen LogP contribution in [0.25, 0.3) is 0 Å². The first kappa shape index (κ1) is 21.5. The number of rotatable bonds is 9. The average molecular weight is 430 g/mol. The molecule has 0 saturated heterocycles. The summed E-state index contributed by atoms with van der Waals surface area (Å²) in [5, 5.41) is 0. The second kappa shape index (κ2) is 14.1. The van der Waals surface area contributed by atoms with Crippen molar-refractivity contribution >= 4 is 7.25 Å². The lowest BCUT2D eigenvalue weighted by Crippen LogP contribution is -3.59. The maximum Gasteiger partial charge on any atom is 0.673 e. The van der Waals surface area contributed by atoms with Gasteiger partial charge in [-0.1, -0.05) is 57.2 Å². The smallest absolute Gasteiger partial charge is 0.418 e. The fourth-order valence-electron chi connectivity index (χ4n) is 1.71. The molecule has 0 atom stereocenters. The zero-order chi connectivity index (χ0) is 16.7. The van der Waals surface area contributed by atoms with E-state index in [0.29, 0.717) is 0 Å². The highest BCUT2D eigenvalue weighted by Gasteiger charge is 2.20. The Bertz CT molecular complexity index is 373. The van der Waals surface area contributed by atoms with E-state index in [-0.39, 0.29) is 21.2 Å². The first-order valence-corrected chi connectivity index (χ1v) is 9.96. The molecule has 0 saturated carbocycles. The van der Waals surface area contributed by atoms with Crippen LogP contribution in [0, 0.1) is 3.57 Å². The molecule has 0 aliphatic rings. The van der Waals surface area contributed by atoms with Crippen molar-refractivity contribution in [2.45, 2.75) is 51.9 Å². The molecule has 1 aromatic rings. The van der Waals surface area contributed by atoms with E-state index in [0.717, 1.165) is 0 Å². The van der Waals surface area contributed by atoms with Crippen LogP contribution in [-0.2, 0) is 0 Å². The van der Waals surface area contributed by atoms with Crippen LogP contribution in [0.2, 0.25) is 0 Å². The molecule has 0 spiro atoms. The standard InChI is InChI=1S/C16H24I.BF4/c1-2-3-4-5-6-7-8-12-15-17-16-13-10-9-11-14-16;2-1(3,4)5/h9-15H,2-8H2,1H3;/q+1;-1/b15-12+;. The van der Waals surface area contributed by atoms with Crippen LogP contribution >= 0.6 is 0 Å². The van der Waals surface area contributed by atoms with E-state index in [2.05, 4.69) is 47.4 Å². The number of halogens is 5. The Morgan fingerprint density at radius 3 is 2.05 bits per heavy atom. The van der Waals surface area contributed by atoms with E-state index in [1.165, 1.54) is 48.5 Å². The maximum absolute atomic E-state index is 9.75. The summed E-state index contributed by atoms with van der Waals surface area (Å²) >= 11 is 0.114. The van der Waals surface area contributed by atoms with Crippen LogP contribution in [0.1, 0.15) is 51.9 Å². The first-order chi connectivity index (χ1) is 10.4. The second-order valence-electron chi connectivity index (χ2n) is 4.82. The summed E-state index contributed by atoms with van der Waals surface area (Å²) in [6.07, 6.45) is 12.1. The SMILES string of the molecule is CCCCCCCC/C=C/[I+]c1ccccc1.F[B-](F)(F)F. The highest BCUT2D eigenvalue weighted by atomic mass is 127. The first-order valence-electron chi connectivity index (χ1n) is 7.64. The van der Waals surface area contributed by atoms with Gasteiger partial charge in [0.25, 0.3) is 0 Å². The van der Waals surface area contributed by atoms with E-state index in [9.17, 15) is 17.3 Å². The zero-order valence-electron chi connectivity index (χ0n) is 13.0. The van der Waals surface area contributed by atoms with Crippen molar-refractivity contribution in [1.82, 2.24) is 0 Å². The van der Waals surface area contributed by atoms with E-state index < -0.39 is 7.25 Å². The number of hydrogen-bond acceptors (Lipinski definition) is 0. The van der Waals surface area contributed by atoms with Gasteiger partial charge >= 0.3 is 28.5 Å². The molecule has 0 heterocycles. The Morgan fingerprint density at radius 1 is 0.909 bits per heavy atom. The van der Waals surface area contributed by atoms with Gasteiger partial charge in [0.2, 0.25) is 0 Å². The van der Waals surface area contributed by atoms with E-state index in [4.69, 9.17) is 0 Å². The number of allylic oxidation sites excluding steroid dienone is 1. The summed E-state index contributed by atoms with van der Waals surface area (Å²) in [4.78, 5) is 0. The van der Waals surface area contributed by atoms with Gasteiger partial charge in [-0.25, -0.2) is 0 Å². The number of benzene rings is 1. The third-order valence-electron chi connectivity index (χ3n) is 2.74. The third kappa shape index (κ3) is 19.5. The zero-order valence-corrected chi connectivity index (χ0v) is 15.1. The van der Waals surface area contributed by atoms with Gasteiger partial charge in [0, 0.05) is 0 Å². The molecule has 0 aromatic heterocycles. The van der Waals surface area contributed by atoms with Crippen LogP contribution in [0.5, 0.6) is 0 Å². The molecule has 0 nitrogen and oxygen atoms in total. The summed E-state index contributed by atoms with van der Waals surface area (Å²) in [6, 6.07) is 10.8. The van der Waals surface area contributed by atoms with Crippen molar-refractivity contribution in [2.75, 3.05) is 0 Å². The van der Waals surface area contributed by atoms with E-state index in [1.807, 2.05) is 0 Å². The van der Waals surface area contributed by atoms with Gasteiger partial charge in [0.05, 0.1) is 0 Å². The molecule has 126 valence electrons. The molecule has 0 unspecified atom stereocenters. The molecule has 1 rings (SSSR count). The van der Waals surface area contributed by atoms with Crippen LogP contribution in [0.4, 0.5) is 17.3 Å². The second-order valence-corrected chi connectivity index (χ2v) is 7.41. The highest BCUT2D eigenvalue weighted by molar-refractivity contribution is 6.50. The monoisotopic (exact) mass is 430 g/mol. The van der Waals surface area contributed by atoms with Gasteiger partial charge in [-0.15, -0.1) is 0 Å². The molecule has 0 aliphatic carbocycles. The van der Waals surface area contributed by atoms with Crippen molar-refractivity contribution in [2.24, 2.45) is 0 Å². The molecule has 1 aromatic carbocycles. The molecule has 6 heteroatoms. The van der Waals surface area contributed by atoms with E-state index >= 15 is 0 Å². The molecular weight excluding hydrogens is 406 g/mol. The van der Waals surface area contributed by atoms with Crippen molar-refractivity contribution < 1.29 is 38.5 Å². The third-order valence-corrected chi connectivity index (χ3v) is 5.04. The normalized spacial score (nSPS) is 11.3. The van der Waals surface area contributed by atoms with Gasteiger partial charge in [-0.2, -0.15) is 0 Å². The lowest BCUT2D eigenvalue weighted by Gasteiger charge is -1.96. The maximum atomic E-state index is 9.75. The van der Waals surface area contributed by atoms with Gasteiger partial charge in [0.15, 0.2) is 7.65 Å². The Morgan fingerprint density at radius 2 is 1.45 bits per heavy atom. The predicted molar refractivity (Wildman–Crippen MR) is 82.5 cm³/mol. The topological polar surface area (TPSA) is 0 Å². The lowest BCUT2D eigenvalue weighted by atomic mass is 10.1. The largest absolute Gasteiger partial charge is 0.673 e. The van der Waals surface area contributed by atoms with Crippen molar-refractivity contribution in [1.29, 1.82) is 0 Å². The van der Waals surface area contributed by atoms with Gasteiger partial charge in [0.1, 0.15) is 0 Å². The van der Waals surface area contributed by atoms with Crippen LogP contribution < -0.4 is 21.2 Å². The average Bonchev–Trinajstić information content (AvgIpc) is 2.45. The Kier molecular flexibility index (Phi) is 13.8. The highest BCUT2D eigenvalue weighted by Crippen LogP contribution is 2.07. The summed E-state index contributed by atoms with van der Waals surface area (Å²) in [5.41, 5.74) is 0. The van der Waals surface area contributed by atoms with Crippen LogP contribution in [0.3, 0.4) is 0 Å². The Hall–Kier alpha value is -0.525. The van der Waals surface area contributed by atoms with Gasteiger partial charge < -0.3 is 17.3 Å². The summed E-state index contributed by atoms with van der Waals surface area (Å²) in [7, 11) is -6.00. The van der Waals surface area contributed by atoms with Gasteiger partial charge in [-0.05, 0) is 31.1 Å². The molecule has 0 amide bonds. The minimum atomic E-state index is -6.00. The summed E-state index contributed by atoms with van der Waals surface area (Å²) in [6.45, 7) is 2.27. The lowest BCUT2D eigenvalue weighted by molar-refractivity contribution is -0.557. The molecule has 0 radical (unpaired) electrons. The molecule has 0 N–H and O–H groups in total. The Labute approximate surface area is 141 Å². The minimum absolute atomic E-state index is 0.114. The molecule has 0 bridgehead atoms. The molecule has 22 heavy (non-hydrogen) atoms. The Balaban J connectivity index is 0.000000763. The molecule has 0 fully saturated rings.